The summed E-state index contributed by atoms with van der Waals surface area (Å²) in [4.78, 5) is 12.5. The van der Waals surface area contributed by atoms with Crippen LogP contribution in [0.1, 0.15) is 21.7 Å². The largest absolute Gasteiger partial charge is 0.449 e. The van der Waals surface area contributed by atoms with Gasteiger partial charge in [0.25, 0.3) is 0 Å². The van der Waals surface area contributed by atoms with Crippen LogP contribution < -0.4 is 4.74 Å². The van der Waals surface area contributed by atoms with Crippen LogP contribution in [0.3, 0.4) is 0 Å². The fourth-order valence-corrected chi connectivity index (χ4v) is 2.35. The molecular formula is C18H13NO4. The number of fused-ring (bicyclic) bond motifs is 1. The molecule has 0 N–H and O–H groups in total. The molecule has 1 aromatic heterocycles. The van der Waals surface area contributed by atoms with Crippen LogP contribution in [0.2, 0.25) is 0 Å². The number of hydrogen-bond acceptors (Lipinski definition) is 5. The van der Waals surface area contributed by atoms with Crippen molar-refractivity contribution in [3.05, 3.63) is 65.4 Å². The van der Waals surface area contributed by atoms with Crippen molar-refractivity contribution in [1.82, 2.24) is 0 Å². The normalized spacial score (nSPS) is 10.4. The monoisotopic (exact) mass is 307 g/mol. The minimum Gasteiger partial charge on any atom is -0.449 e. The predicted molar refractivity (Wildman–Crippen MR) is 83.0 cm³/mol. The molecule has 0 aliphatic rings. The summed E-state index contributed by atoms with van der Waals surface area (Å²) in [5.41, 5.74) is 1.49. The Kier molecular flexibility index (Phi) is 4.09. The summed E-state index contributed by atoms with van der Waals surface area (Å²) >= 11 is 0. The first kappa shape index (κ1) is 14.8. The maximum atomic E-state index is 12.5. The quantitative estimate of drug-likeness (QED) is 0.543. The van der Waals surface area contributed by atoms with E-state index in [4.69, 9.17) is 19.2 Å². The number of carbonyl (C=O) groups excluding carboxylic acids is 1. The average molecular weight is 307 g/mol. The minimum atomic E-state index is -0.657. The van der Waals surface area contributed by atoms with Gasteiger partial charge in [-0.05, 0) is 18.2 Å². The third-order valence-electron chi connectivity index (χ3n) is 3.38. The van der Waals surface area contributed by atoms with Crippen molar-refractivity contribution in [3.63, 3.8) is 0 Å². The molecule has 0 aliphatic carbocycles. The first-order valence-corrected chi connectivity index (χ1v) is 6.95. The molecule has 2 aromatic carbocycles. The maximum Gasteiger partial charge on any atom is 0.380 e. The summed E-state index contributed by atoms with van der Waals surface area (Å²) in [5.74, 6) is -0.374. The number of hydrogen-bond donors (Lipinski definition) is 0. The van der Waals surface area contributed by atoms with Crippen molar-refractivity contribution in [2.24, 2.45) is 0 Å². The number of methoxy groups -OCH3 is 1. The SMILES string of the molecule is COCc1c(C(=O)Oc2ccccc2C#N)oc2ccccc12. The van der Waals surface area contributed by atoms with Gasteiger partial charge in [0.2, 0.25) is 5.76 Å². The van der Waals surface area contributed by atoms with Crippen LogP contribution >= 0.6 is 0 Å². The van der Waals surface area contributed by atoms with Gasteiger partial charge in [-0.2, -0.15) is 5.26 Å². The molecule has 0 radical (unpaired) electrons. The number of nitrogens with zero attached hydrogens (tertiary/aromatic N) is 1. The van der Waals surface area contributed by atoms with Gasteiger partial charge in [0, 0.05) is 18.1 Å². The molecule has 0 saturated carbocycles. The van der Waals surface area contributed by atoms with Crippen LogP contribution in [0, 0.1) is 11.3 Å². The number of nitriles is 1. The molecule has 114 valence electrons. The standard InChI is InChI=1S/C18H13NO4/c1-21-11-14-13-7-3-5-9-16(13)22-17(14)18(20)23-15-8-4-2-6-12(15)10-19/h2-9H,11H2,1H3. The van der Waals surface area contributed by atoms with Crippen LogP contribution in [-0.2, 0) is 11.3 Å². The van der Waals surface area contributed by atoms with Gasteiger partial charge in [-0.25, -0.2) is 4.79 Å². The first-order valence-electron chi connectivity index (χ1n) is 6.95. The lowest BCUT2D eigenvalue weighted by molar-refractivity contribution is 0.0696. The summed E-state index contributed by atoms with van der Waals surface area (Å²) in [6.07, 6.45) is 0. The molecule has 0 unspecified atom stereocenters. The summed E-state index contributed by atoms with van der Waals surface area (Å²) < 4.78 is 16.1. The Bertz CT molecular complexity index is 905. The van der Waals surface area contributed by atoms with Crippen molar-refractivity contribution in [3.8, 4) is 11.8 Å². The second kappa shape index (κ2) is 6.34. The van der Waals surface area contributed by atoms with E-state index in [1.165, 1.54) is 0 Å². The van der Waals surface area contributed by atoms with E-state index in [1.807, 2.05) is 24.3 Å². The molecule has 0 spiro atoms. The number of para-hydroxylation sites is 2. The minimum absolute atomic E-state index is 0.0841. The highest BCUT2D eigenvalue weighted by molar-refractivity contribution is 5.97. The second-order valence-corrected chi connectivity index (χ2v) is 4.84. The van der Waals surface area contributed by atoms with Crippen LogP contribution in [0.5, 0.6) is 5.75 Å². The maximum absolute atomic E-state index is 12.5. The van der Waals surface area contributed by atoms with Gasteiger partial charge in [-0.3, -0.25) is 0 Å². The molecule has 0 aliphatic heterocycles. The summed E-state index contributed by atoms with van der Waals surface area (Å²) in [5, 5.41) is 9.87. The number of esters is 1. The molecule has 23 heavy (non-hydrogen) atoms. The highest BCUT2D eigenvalue weighted by Gasteiger charge is 2.23. The third kappa shape index (κ3) is 2.80. The average Bonchev–Trinajstić information content (AvgIpc) is 2.95. The number of carbonyl (C=O) groups is 1. The van der Waals surface area contributed by atoms with E-state index in [9.17, 15) is 4.79 Å². The number of furan rings is 1. The smallest absolute Gasteiger partial charge is 0.380 e. The van der Waals surface area contributed by atoms with Crippen LogP contribution in [0.4, 0.5) is 0 Å². The Morgan fingerprint density at radius 2 is 1.91 bits per heavy atom. The van der Waals surface area contributed by atoms with E-state index in [2.05, 4.69) is 0 Å². The Balaban J connectivity index is 2.01. The van der Waals surface area contributed by atoms with E-state index in [-0.39, 0.29) is 23.7 Å². The third-order valence-corrected chi connectivity index (χ3v) is 3.38. The van der Waals surface area contributed by atoms with Crippen LogP contribution in [-0.4, -0.2) is 13.1 Å². The molecule has 5 nitrogen and oxygen atoms in total. The molecule has 3 rings (SSSR count). The van der Waals surface area contributed by atoms with E-state index in [0.717, 1.165) is 5.39 Å². The van der Waals surface area contributed by atoms with Crippen LogP contribution in [0.15, 0.2) is 52.9 Å². The molecule has 3 aromatic rings. The van der Waals surface area contributed by atoms with Crippen molar-refractivity contribution < 1.29 is 18.7 Å². The molecular weight excluding hydrogens is 294 g/mol. The molecule has 1 heterocycles. The topological polar surface area (TPSA) is 72.5 Å². The second-order valence-electron chi connectivity index (χ2n) is 4.84. The predicted octanol–water partition coefficient (Wildman–Crippen LogP) is 3.67. The van der Waals surface area contributed by atoms with Crippen LogP contribution in [0.25, 0.3) is 11.0 Å². The highest BCUT2D eigenvalue weighted by atomic mass is 16.5. The Labute approximate surface area is 132 Å². The highest BCUT2D eigenvalue weighted by Crippen LogP contribution is 2.28. The van der Waals surface area contributed by atoms with Gasteiger partial charge in [0.15, 0.2) is 0 Å². The van der Waals surface area contributed by atoms with Crippen molar-refractivity contribution in [2.45, 2.75) is 6.61 Å². The molecule has 0 bridgehead atoms. The van der Waals surface area contributed by atoms with Gasteiger partial charge < -0.3 is 13.9 Å². The fourth-order valence-electron chi connectivity index (χ4n) is 2.35. The van der Waals surface area contributed by atoms with Gasteiger partial charge in [0.05, 0.1) is 12.2 Å². The zero-order valence-corrected chi connectivity index (χ0v) is 12.4. The van der Waals surface area contributed by atoms with E-state index < -0.39 is 5.97 Å². The van der Waals surface area contributed by atoms with Gasteiger partial charge in [-0.15, -0.1) is 0 Å². The Hall–Kier alpha value is -3.10. The van der Waals surface area contributed by atoms with E-state index >= 15 is 0 Å². The molecule has 5 heteroatoms. The molecule has 0 atom stereocenters. The summed E-state index contributed by atoms with van der Waals surface area (Å²) in [7, 11) is 1.54. The van der Waals surface area contributed by atoms with Gasteiger partial charge in [-0.1, -0.05) is 30.3 Å². The van der Waals surface area contributed by atoms with Crippen molar-refractivity contribution in [2.75, 3.05) is 7.11 Å². The van der Waals surface area contributed by atoms with E-state index in [0.29, 0.717) is 11.1 Å². The Morgan fingerprint density at radius 1 is 1.17 bits per heavy atom. The lowest BCUT2D eigenvalue weighted by atomic mass is 10.1. The van der Waals surface area contributed by atoms with Crippen molar-refractivity contribution in [1.29, 1.82) is 5.26 Å². The van der Waals surface area contributed by atoms with Gasteiger partial charge >= 0.3 is 5.97 Å². The lowest BCUT2D eigenvalue weighted by Gasteiger charge is -2.05. The zero-order valence-electron chi connectivity index (χ0n) is 12.4. The molecule has 0 saturated heterocycles. The number of benzene rings is 2. The zero-order chi connectivity index (χ0) is 16.2. The fraction of sp³-hybridized carbons (Fsp3) is 0.111. The Morgan fingerprint density at radius 3 is 2.70 bits per heavy atom. The van der Waals surface area contributed by atoms with Crippen molar-refractivity contribution >= 4 is 16.9 Å². The van der Waals surface area contributed by atoms with E-state index in [1.54, 1.807) is 37.4 Å². The number of ether oxygens (including phenoxy) is 2. The first-order chi connectivity index (χ1) is 11.2. The summed E-state index contributed by atoms with van der Waals surface area (Å²) in [6.45, 7) is 0.224. The molecule has 0 fully saturated rings. The lowest BCUT2D eigenvalue weighted by Crippen LogP contribution is -2.11. The van der Waals surface area contributed by atoms with Gasteiger partial charge in [0.1, 0.15) is 17.4 Å². The summed E-state index contributed by atoms with van der Waals surface area (Å²) in [6, 6.07) is 15.8. The number of rotatable bonds is 4. The molecule has 0 amide bonds.